The fraction of sp³-hybridized carbons (Fsp3) is 0.467. The van der Waals surface area contributed by atoms with Crippen molar-refractivity contribution in [1.29, 1.82) is 0 Å². The Bertz CT molecular complexity index is 575. The highest BCUT2D eigenvalue weighted by molar-refractivity contribution is 5.85. The molecule has 1 fully saturated rings. The van der Waals surface area contributed by atoms with Gasteiger partial charge in [-0.1, -0.05) is 18.6 Å². The monoisotopic (exact) mass is 247 g/mol. The lowest BCUT2D eigenvalue weighted by molar-refractivity contribution is 0.133. The SMILES string of the molecule is Cc1[nH]c2c(F)cccc2c1CC1CCCC1O. The smallest absolute Gasteiger partial charge is 0.147 e. The van der Waals surface area contributed by atoms with Crippen LogP contribution in [0.2, 0.25) is 0 Å². The van der Waals surface area contributed by atoms with Crippen LogP contribution in [0.3, 0.4) is 0 Å². The molecule has 1 heterocycles. The predicted octanol–water partition coefficient (Wildman–Crippen LogP) is 3.32. The zero-order valence-corrected chi connectivity index (χ0v) is 10.5. The predicted molar refractivity (Wildman–Crippen MR) is 70.0 cm³/mol. The Morgan fingerprint density at radius 1 is 1.39 bits per heavy atom. The lowest BCUT2D eigenvalue weighted by Crippen LogP contribution is -2.15. The van der Waals surface area contributed by atoms with E-state index in [2.05, 4.69) is 4.98 Å². The van der Waals surface area contributed by atoms with Crippen LogP contribution in [0.1, 0.15) is 30.5 Å². The van der Waals surface area contributed by atoms with Crippen LogP contribution in [0.5, 0.6) is 0 Å². The van der Waals surface area contributed by atoms with Crippen LogP contribution in [0.25, 0.3) is 10.9 Å². The second-order valence-electron chi connectivity index (χ2n) is 5.35. The molecule has 0 spiro atoms. The molecule has 0 bridgehead atoms. The first-order chi connectivity index (χ1) is 8.66. The molecule has 0 amide bonds. The van der Waals surface area contributed by atoms with Crippen molar-refractivity contribution >= 4 is 10.9 Å². The summed E-state index contributed by atoms with van der Waals surface area (Å²) in [6, 6.07) is 5.19. The van der Waals surface area contributed by atoms with Crippen LogP contribution < -0.4 is 0 Å². The number of hydrogen-bond donors (Lipinski definition) is 2. The Labute approximate surface area is 106 Å². The van der Waals surface area contributed by atoms with Gasteiger partial charge in [0.05, 0.1) is 11.6 Å². The fourth-order valence-corrected chi connectivity index (χ4v) is 3.15. The first-order valence-corrected chi connectivity index (χ1v) is 6.60. The van der Waals surface area contributed by atoms with E-state index in [1.165, 1.54) is 6.07 Å². The third-order valence-corrected chi connectivity index (χ3v) is 4.19. The molecule has 18 heavy (non-hydrogen) atoms. The van der Waals surface area contributed by atoms with E-state index in [1.807, 2.05) is 13.0 Å². The van der Waals surface area contributed by atoms with Crippen molar-refractivity contribution in [3.63, 3.8) is 0 Å². The molecule has 2 N–H and O–H groups in total. The van der Waals surface area contributed by atoms with Gasteiger partial charge in [-0.05, 0) is 43.7 Å². The quantitative estimate of drug-likeness (QED) is 0.839. The number of fused-ring (bicyclic) bond motifs is 1. The molecule has 3 heteroatoms. The maximum atomic E-state index is 13.7. The van der Waals surface area contributed by atoms with Gasteiger partial charge in [-0.25, -0.2) is 4.39 Å². The number of nitrogens with one attached hydrogen (secondary N) is 1. The molecule has 0 saturated heterocycles. The number of rotatable bonds is 2. The molecular formula is C15H18FNO. The van der Waals surface area contributed by atoms with Gasteiger partial charge in [0.2, 0.25) is 0 Å². The largest absolute Gasteiger partial charge is 0.393 e. The topological polar surface area (TPSA) is 36.0 Å². The molecular weight excluding hydrogens is 229 g/mol. The standard InChI is InChI=1S/C15H18FNO/c1-9-12(8-10-4-2-7-14(10)18)11-5-3-6-13(16)15(11)17-9/h3,5-6,10,14,17-18H,2,4,7-8H2,1H3. The number of benzene rings is 1. The first kappa shape index (κ1) is 11.7. The minimum absolute atomic E-state index is 0.192. The Kier molecular flexibility index (Phi) is 2.86. The van der Waals surface area contributed by atoms with Crippen molar-refractivity contribution in [2.45, 2.75) is 38.7 Å². The minimum atomic E-state index is -0.200. The lowest BCUT2D eigenvalue weighted by atomic mass is 9.94. The first-order valence-electron chi connectivity index (χ1n) is 6.60. The normalized spacial score (nSPS) is 23.9. The number of halogens is 1. The van der Waals surface area contributed by atoms with E-state index < -0.39 is 0 Å². The Morgan fingerprint density at radius 2 is 2.22 bits per heavy atom. The number of para-hydroxylation sites is 1. The maximum absolute atomic E-state index is 13.7. The van der Waals surface area contributed by atoms with Crippen molar-refractivity contribution in [3.8, 4) is 0 Å². The number of aliphatic hydroxyl groups excluding tert-OH is 1. The molecule has 1 aliphatic rings. The Hall–Kier alpha value is -1.35. The fourth-order valence-electron chi connectivity index (χ4n) is 3.15. The highest BCUT2D eigenvalue weighted by Crippen LogP contribution is 2.33. The summed E-state index contributed by atoms with van der Waals surface area (Å²) in [5, 5.41) is 10.9. The number of aromatic nitrogens is 1. The van der Waals surface area contributed by atoms with E-state index in [1.54, 1.807) is 6.07 Å². The summed E-state index contributed by atoms with van der Waals surface area (Å²) in [7, 11) is 0. The summed E-state index contributed by atoms with van der Waals surface area (Å²) < 4.78 is 13.7. The summed E-state index contributed by atoms with van der Waals surface area (Å²) in [6.45, 7) is 1.98. The van der Waals surface area contributed by atoms with E-state index in [9.17, 15) is 9.50 Å². The van der Waals surface area contributed by atoms with Gasteiger partial charge in [0, 0.05) is 11.1 Å². The summed E-state index contributed by atoms with van der Waals surface area (Å²) in [4.78, 5) is 3.13. The molecule has 2 atom stereocenters. The summed E-state index contributed by atoms with van der Waals surface area (Å²) in [5.74, 6) is 0.125. The van der Waals surface area contributed by atoms with Crippen molar-refractivity contribution in [3.05, 3.63) is 35.3 Å². The van der Waals surface area contributed by atoms with Crippen LogP contribution in [-0.2, 0) is 6.42 Å². The van der Waals surface area contributed by atoms with Crippen LogP contribution in [0.4, 0.5) is 4.39 Å². The summed E-state index contributed by atoms with van der Waals surface area (Å²) in [6.07, 6.45) is 3.73. The molecule has 1 aromatic heterocycles. The molecule has 3 rings (SSSR count). The van der Waals surface area contributed by atoms with Crippen LogP contribution in [0.15, 0.2) is 18.2 Å². The Morgan fingerprint density at radius 3 is 2.94 bits per heavy atom. The number of aromatic amines is 1. The maximum Gasteiger partial charge on any atom is 0.147 e. The van der Waals surface area contributed by atoms with Crippen molar-refractivity contribution in [2.75, 3.05) is 0 Å². The van der Waals surface area contributed by atoms with Gasteiger partial charge in [-0.2, -0.15) is 0 Å². The zero-order valence-electron chi connectivity index (χ0n) is 10.5. The average molecular weight is 247 g/mol. The second kappa shape index (κ2) is 4.39. The van der Waals surface area contributed by atoms with Gasteiger partial charge < -0.3 is 10.1 Å². The Balaban J connectivity index is 2.01. The zero-order chi connectivity index (χ0) is 12.7. The van der Waals surface area contributed by atoms with Gasteiger partial charge in [-0.3, -0.25) is 0 Å². The van der Waals surface area contributed by atoms with Crippen molar-refractivity contribution in [2.24, 2.45) is 5.92 Å². The molecule has 1 aromatic carbocycles. The molecule has 1 saturated carbocycles. The average Bonchev–Trinajstić information content (AvgIpc) is 2.87. The van der Waals surface area contributed by atoms with Crippen molar-refractivity contribution < 1.29 is 9.50 Å². The van der Waals surface area contributed by atoms with E-state index in [0.29, 0.717) is 11.4 Å². The highest BCUT2D eigenvalue weighted by atomic mass is 19.1. The van der Waals surface area contributed by atoms with Crippen LogP contribution in [0, 0.1) is 18.7 Å². The molecule has 0 aliphatic heterocycles. The third kappa shape index (κ3) is 1.83. The van der Waals surface area contributed by atoms with Crippen molar-refractivity contribution in [1.82, 2.24) is 4.98 Å². The third-order valence-electron chi connectivity index (χ3n) is 4.19. The number of hydrogen-bond acceptors (Lipinski definition) is 1. The molecule has 2 nitrogen and oxygen atoms in total. The van der Waals surface area contributed by atoms with Gasteiger partial charge in [-0.15, -0.1) is 0 Å². The van der Waals surface area contributed by atoms with E-state index in [4.69, 9.17) is 0 Å². The highest BCUT2D eigenvalue weighted by Gasteiger charge is 2.27. The number of aryl methyl sites for hydroxylation is 1. The van der Waals surface area contributed by atoms with E-state index in [-0.39, 0.29) is 11.9 Å². The van der Waals surface area contributed by atoms with Crippen LogP contribution in [-0.4, -0.2) is 16.2 Å². The number of H-pyrrole nitrogens is 1. The molecule has 1 aliphatic carbocycles. The van der Waals surface area contributed by atoms with Gasteiger partial charge >= 0.3 is 0 Å². The van der Waals surface area contributed by atoms with E-state index >= 15 is 0 Å². The molecule has 2 aromatic rings. The minimum Gasteiger partial charge on any atom is -0.393 e. The van der Waals surface area contributed by atoms with E-state index in [0.717, 1.165) is 42.3 Å². The van der Waals surface area contributed by atoms with Gasteiger partial charge in [0.15, 0.2) is 0 Å². The molecule has 0 radical (unpaired) electrons. The van der Waals surface area contributed by atoms with Gasteiger partial charge in [0.1, 0.15) is 5.82 Å². The second-order valence-corrected chi connectivity index (χ2v) is 5.35. The molecule has 2 unspecified atom stereocenters. The van der Waals surface area contributed by atoms with Crippen LogP contribution >= 0.6 is 0 Å². The summed E-state index contributed by atoms with van der Waals surface area (Å²) in [5.41, 5.74) is 2.78. The lowest BCUT2D eigenvalue weighted by Gasteiger charge is -2.14. The number of aliphatic hydroxyl groups is 1. The summed E-state index contributed by atoms with van der Waals surface area (Å²) >= 11 is 0. The van der Waals surface area contributed by atoms with Gasteiger partial charge in [0.25, 0.3) is 0 Å². The molecule has 96 valence electrons.